The standard InChI is InChI=1S/C13H17N5O2/c1-8-5-9(8)13(19)20-4-2-3-18-7-17-10-11(14)15-6-16-12(10)18/h6-9H,2-5H2,1H3,(H2,14,15,16)/t8-,9-/m1/s1. The lowest BCUT2D eigenvalue weighted by molar-refractivity contribution is -0.145. The molecule has 1 aliphatic carbocycles. The largest absolute Gasteiger partial charge is 0.465 e. The Bertz CT molecular complexity index is 639. The average Bonchev–Trinajstić information content (AvgIpc) is 3.01. The highest BCUT2D eigenvalue weighted by molar-refractivity contribution is 5.81. The van der Waals surface area contributed by atoms with Gasteiger partial charge in [0.1, 0.15) is 11.8 Å². The van der Waals surface area contributed by atoms with Crippen LogP contribution in [0.2, 0.25) is 0 Å². The molecule has 1 aliphatic rings. The number of nitrogen functional groups attached to an aromatic ring is 1. The SMILES string of the molecule is C[C@@H]1C[C@H]1C(=O)OCCCn1cnc2c(N)ncnc21. The Morgan fingerprint density at radius 2 is 2.30 bits per heavy atom. The van der Waals surface area contributed by atoms with Crippen molar-refractivity contribution in [1.29, 1.82) is 0 Å². The fraction of sp³-hybridized carbons (Fsp3) is 0.538. The maximum atomic E-state index is 11.6. The Hall–Kier alpha value is -2.18. The van der Waals surface area contributed by atoms with E-state index in [9.17, 15) is 4.79 Å². The number of fused-ring (bicyclic) bond motifs is 1. The Labute approximate surface area is 116 Å². The van der Waals surface area contributed by atoms with Gasteiger partial charge in [-0.05, 0) is 18.8 Å². The van der Waals surface area contributed by atoms with Crippen molar-refractivity contribution in [3.05, 3.63) is 12.7 Å². The van der Waals surface area contributed by atoms with E-state index >= 15 is 0 Å². The normalized spacial score (nSPS) is 21.1. The minimum atomic E-state index is -0.0699. The fourth-order valence-corrected chi connectivity index (χ4v) is 2.23. The van der Waals surface area contributed by atoms with Gasteiger partial charge in [-0.15, -0.1) is 0 Å². The zero-order valence-corrected chi connectivity index (χ0v) is 11.3. The number of aromatic nitrogens is 4. The number of carbonyl (C=O) groups is 1. The van der Waals surface area contributed by atoms with Crippen molar-refractivity contribution in [3.8, 4) is 0 Å². The average molecular weight is 275 g/mol. The van der Waals surface area contributed by atoms with Gasteiger partial charge in [0.25, 0.3) is 0 Å². The molecule has 0 aliphatic heterocycles. The van der Waals surface area contributed by atoms with Gasteiger partial charge in [0.05, 0.1) is 18.9 Å². The second-order valence-electron chi connectivity index (χ2n) is 5.21. The van der Waals surface area contributed by atoms with Gasteiger partial charge in [0, 0.05) is 6.54 Å². The number of aryl methyl sites for hydroxylation is 1. The first kappa shape index (κ1) is 12.8. The van der Waals surface area contributed by atoms with E-state index in [1.165, 1.54) is 6.33 Å². The zero-order valence-electron chi connectivity index (χ0n) is 11.3. The molecule has 20 heavy (non-hydrogen) atoms. The minimum Gasteiger partial charge on any atom is -0.465 e. The van der Waals surface area contributed by atoms with Crippen LogP contribution in [0.15, 0.2) is 12.7 Å². The van der Waals surface area contributed by atoms with E-state index in [1.807, 2.05) is 4.57 Å². The van der Waals surface area contributed by atoms with Crippen molar-refractivity contribution in [2.45, 2.75) is 26.3 Å². The molecule has 0 bridgehead atoms. The van der Waals surface area contributed by atoms with Crippen molar-refractivity contribution < 1.29 is 9.53 Å². The van der Waals surface area contributed by atoms with E-state index in [0.717, 1.165) is 12.8 Å². The highest BCUT2D eigenvalue weighted by Crippen LogP contribution is 2.38. The monoisotopic (exact) mass is 275 g/mol. The lowest BCUT2D eigenvalue weighted by Crippen LogP contribution is -2.10. The van der Waals surface area contributed by atoms with Gasteiger partial charge in [0.2, 0.25) is 0 Å². The van der Waals surface area contributed by atoms with Crippen LogP contribution in [0, 0.1) is 11.8 Å². The van der Waals surface area contributed by atoms with Gasteiger partial charge in [-0.1, -0.05) is 6.92 Å². The summed E-state index contributed by atoms with van der Waals surface area (Å²) in [5.74, 6) is 0.916. The molecule has 2 aromatic heterocycles. The molecule has 0 amide bonds. The number of imidazole rings is 1. The van der Waals surface area contributed by atoms with Crippen LogP contribution in [-0.4, -0.2) is 32.1 Å². The van der Waals surface area contributed by atoms with E-state index in [1.54, 1.807) is 6.33 Å². The summed E-state index contributed by atoms with van der Waals surface area (Å²) in [4.78, 5) is 23.8. The number of hydrogen-bond donors (Lipinski definition) is 1. The molecule has 2 heterocycles. The first-order valence-corrected chi connectivity index (χ1v) is 6.74. The Morgan fingerprint density at radius 3 is 3.05 bits per heavy atom. The highest BCUT2D eigenvalue weighted by atomic mass is 16.5. The van der Waals surface area contributed by atoms with Crippen molar-refractivity contribution in [1.82, 2.24) is 19.5 Å². The number of anilines is 1. The third kappa shape index (κ3) is 2.43. The smallest absolute Gasteiger partial charge is 0.309 e. The van der Waals surface area contributed by atoms with Crippen molar-refractivity contribution >= 4 is 23.0 Å². The third-order valence-electron chi connectivity index (χ3n) is 3.63. The Kier molecular flexibility index (Phi) is 3.25. The number of ether oxygens (including phenoxy) is 1. The van der Waals surface area contributed by atoms with Gasteiger partial charge in [0.15, 0.2) is 11.5 Å². The first-order valence-electron chi connectivity index (χ1n) is 6.74. The van der Waals surface area contributed by atoms with Gasteiger partial charge < -0.3 is 15.0 Å². The van der Waals surface area contributed by atoms with Gasteiger partial charge in [-0.25, -0.2) is 15.0 Å². The van der Waals surface area contributed by atoms with E-state index in [-0.39, 0.29) is 11.9 Å². The van der Waals surface area contributed by atoms with Crippen LogP contribution < -0.4 is 5.73 Å². The lowest BCUT2D eigenvalue weighted by atomic mass is 10.3. The maximum absolute atomic E-state index is 11.6. The van der Waals surface area contributed by atoms with Crippen LogP contribution in [0.5, 0.6) is 0 Å². The number of esters is 1. The molecule has 7 heteroatoms. The molecule has 7 nitrogen and oxygen atoms in total. The highest BCUT2D eigenvalue weighted by Gasteiger charge is 2.40. The van der Waals surface area contributed by atoms with Crippen LogP contribution >= 0.6 is 0 Å². The quantitative estimate of drug-likeness (QED) is 0.646. The Balaban J connectivity index is 1.53. The summed E-state index contributed by atoms with van der Waals surface area (Å²) in [6.07, 6.45) is 4.79. The summed E-state index contributed by atoms with van der Waals surface area (Å²) in [7, 11) is 0. The van der Waals surface area contributed by atoms with Crippen LogP contribution in [0.25, 0.3) is 11.2 Å². The second-order valence-corrected chi connectivity index (χ2v) is 5.21. The molecule has 2 aromatic rings. The summed E-state index contributed by atoms with van der Waals surface area (Å²) in [5.41, 5.74) is 7.04. The van der Waals surface area contributed by atoms with E-state index in [2.05, 4.69) is 21.9 Å². The number of nitrogens with zero attached hydrogens (tertiary/aromatic N) is 4. The molecular formula is C13H17N5O2. The van der Waals surface area contributed by atoms with E-state index < -0.39 is 0 Å². The summed E-state index contributed by atoms with van der Waals surface area (Å²) >= 11 is 0. The molecule has 3 rings (SSSR count). The second kappa shape index (κ2) is 5.07. The molecule has 0 unspecified atom stereocenters. The molecule has 2 atom stereocenters. The van der Waals surface area contributed by atoms with Crippen molar-refractivity contribution in [3.63, 3.8) is 0 Å². The minimum absolute atomic E-state index is 0.0699. The molecule has 0 aromatic carbocycles. The van der Waals surface area contributed by atoms with Gasteiger partial charge in [-0.3, -0.25) is 4.79 Å². The van der Waals surface area contributed by atoms with Crippen molar-refractivity contribution in [2.75, 3.05) is 12.3 Å². The predicted molar refractivity (Wildman–Crippen MR) is 72.6 cm³/mol. The summed E-state index contributed by atoms with van der Waals surface area (Å²) in [5, 5.41) is 0. The topological polar surface area (TPSA) is 95.9 Å². The first-order chi connectivity index (χ1) is 9.66. The fourth-order valence-electron chi connectivity index (χ4n) is 2.23. The zero-order chi connectivity index (χ0) is 14.1. The third-order valence-corrected chi connectivity index (χ3v) is 3.63. The van der Waals surface area contributed by atoms with Crippen molar-refractivity contribution in [2.24, 2.45) is 11.8 Å². The molecule has 1 fully saturated rings. The predicted octanol–water partition coefficient (Wildman–Crippen LogP) is 0.998. The van der Waals surface area contributed by atoms with Gasteiger partial charge in [-0.2, -0.15) is 0 Å². The molecule has 0 saturated heterocycles. The maximum Gasteiger partial charge on any atom is 0.309 e. The van der Waals surface area contributed by atoms with Gasteiger partial charge >= 0.3 is 5.97 Å². The number of hydrogen-bond acceptors (Lipinski definition) is 6. The molecule has 0 spiro atoms. The van der Waals surface area contributed by atoms with Crippen LogP contribution in [0.1, 0.15) is 19.8 Å². The molecule has 1 saturated carbocycles. The molecule has 2 N–H and O–H groups in total. The summed E-state index contributed by atoms with van der Waals surface area (Å²) in [6.45, 7) is 3.16. The molecule has 0 radical (unpaired) electrons. The van der Waals surface area contributed by atoms with E-state index in [4.69, 9.17) is 10.5 Å². The van der Waals surface area contributed by atoms with Crippen LogP contribution in [0.4, 0.5) is 5.82 Å². The molecule has 106 valence electrons. The van der Waals surface area contributed by atoms with Crippen LogP contribution in [0.3, 0.4) is 0 Å². The summed E-state index contributed by atoms with van der Waals surface area (Å²) in [6, 6.07) is 0. The lowest BCUT2D eigenvalue weighted by Gasteiger charge is -2.05. The number of carbonyl (C=O) groups excluding carboxylic acids is 1. The van der Waals surface area contributed by atoms with E-state index in [0.29, 0.717) is 36.1 Å². The summed E-state index contributed by atoms with van der Waals surface area (Å²) < 4.78 is 7.13. The Morgan fingerprint density at radius 1 is 1.50 bits per heavy atom. The number of rotatable bonds is 5. The molecular weight excluding hydrogens is 258 g/mol. The number of nitrogens with two attached hydrogens (primary N) is 1. The van der Waals surface area contributed by atoms with Crippen LogP contribution in [-0.2, 0) is 16.1 Å².